The first-order valence-corrected chi connectivity index (χ1v) is 5.20. The van der Waals surface area contributed by atoms with Gasteiger partial charge in [-0.2, -0.15) is 0 Å². The van der Waals surface area contributed by atoms with Crippen LogP contribution in [0, 0.1) is 5.82 Å². The lowest BCUT2D eigenvalue weighted by molar-refractivity contribution is -0.125. The minimum atomic E-state index is -0.856. The second-order valence-electron chi connectivity index (χ2n) is 4.19. The third kappa shape index (κ3) is 2.55. The Balaban J connectivity index is 1.92. The Morgan fingerprint density at radius 2 is 2.31 bits per heavy atom. The lowest BCUT2D eigenvalue weighted by Gasteiger charge is -2.35. The minimum absolute atomic E-state index is 0.0590. The van der Waals surface area contributed by atoms with Gasteiger partial charge in [0.25, 0.3) is 0 Å². The van der Waals surface area contributed by atoms with E-state index in [4.69, 9.17) is 0 Å². The number of hydrogen-bond acceptors (Lipinski definition) is 3. The van der Waals surface area contributed by atoms with Gasteiger partial charge in [0.15, 0.2) is 0 Å². The molecule has 0 unspecified atom stereocenters. The van der Waals surface area contributed by atoms with Crippen LogP contribution in [0.4, 0.5) is 10.1 Å². The molecule has 1 amide bonds. The van der Waals surface area contributed by atoms with Crippen molar-refractivity contribution >= 4 is 11.6 Å². The van der Waals surface area contributed by atoms with Crippen molar-refractivity contribution in [2.45, 2.75) is 31.3 Å². The second kappa shape index (κ2) is 4.17. The first kappa shape index (κ1) is 11.0. The first-order valence-electron chi connectivity index (χ1n) is 5.20. The van der Waals surface area contributed by atoms with Gasteiger partial charge in [0, 0.05) is 6.07 Å². The molecule has 0 aliphatic heterocycles. The van der Waals surface area contributed by atoms with E-state index in [9.17, 15) is 14.3 Å². The Kier molecular flexibility index (Phi) is 2.87. The number of amides is 1. The van der Waals surface area contributed by atoms with Gasteiger partial charge in [-0.05, 0) is 19.3 Å². The fourth-order valence-corrected chi connectivity index (χ4v) is 1.75. The number of halogens is 1. The molecule has 16 heavy (non-hydrogen) atoms. The minimum Gasteiger partial charge on any atom is -0.389 e. The smallest absolute Gasteiger partial charge is 0.227 e. The van der Waals surface area contributed by atoms with Crippen LogP contribution in [0.3, 0.4) is 0 Å². The maximum absolute atomic E-state index is 12.8. The highest BCUT2D eigenvalue weighted by Crippen LogP contribution is 2.34. The Hall–Kier alpha value is -1.49. The van der Waals surface area contributed by atoms with E-state index in [-0.39, 0.29) is 12.3 Å². The summed E-state index contributed by atoms with van der Waals surface area (Å²) in [6, 6.07) is 1.19. The van der Waals surface area contributed by atoms with Crippen LogP contribution in [0.25, 0.3) is 0 Å². The number of anilines is 1. The number of aromatic nitrogens is 1. The molecule has 0 radical (unpaired) electrons. The molecule has 0 atom stereocenters. The van der Waals surface area contributed by atoms with E-state index in [1.165, 1.54) is 12.3 Å². The van der Waals surface area contributed by atoms with Crippen molar-refractivity contribution in [1.82, 2.24) is 4.98 Å². The Morgan fingerprint density at radius 3 is 2.88 bits per heavy atom. The molecule has 4 nitrogen and oxygen atoms in total. The highest BCUT2D eigenvalue weighted by Gasteiger charge is 2.36. The van der Waals surface area contributed by atoms with Gasteiger partial charge < -0.3 is 10.4 Å². The molecular formula is C11H13FN2O2. The molecule has 1 saturated carbocycles. The molecule has 1 aliphatic carbocycles. The molecule has 86 valence electrons. The summed E-state index contributed by atoms with van der Waals surface area (Å²) in [6.45, 7) is 0. The van der Waals surface area contributed by atoms with E-state index in [0.717, 1.165) is 12.6 Å². The van der Waals surface area contributed by atoms with E-state index in [1.807, 2.05) is 0 Å². The number of nitrogens with one attached hydrogen (secondary N) is 1. The molecule has 1 heterocycles. The van der Waals surface area contributed by atoms with Crippen molar-refractivity contribution in [3.05, 3.63) is 24.3 Å². The zero-order chi connectivity index (χ0) is 11.6. The predicted molar refractivity (Wildman–Crippen MR) is 56.2 cm³/mol. The Labute approximate surface area is 92.5 Å². The summed E-state index contributed by atoms with van der Waals surface area (Å²) in [6.07, 6.45) is 4.75. The quantitative estimate of drug-likeness (QED) is 0.817. The van der Waals surface area contributed by atoms with Crippen molar-refractivity contribution in [3.63, 3.8) is 0 Å². The topological polar surface area (TPSA) is 62.2 Å². The first-order chi connectivity index (χ1) is 7.57. The van der Waals surface area contributed by atoms with Crippen LogP contribution in [0.5, 0.6) is 0 Å². The van der Waals surface area contributed by atoms with Gasteiger partial charge in [-0.15, -0.1) is 0 Å². The van der Waals surface area contributed by atoms with Crippen LogP contribution in [0.2, 0.25) is 0 Å². The maximum Gasteiger partial charge on any atom is 0.227 e. The molecule has 0 bridgehead atoms. The van der Waals surface area contributed by atoms with Crippen LogP contribution in [0.15, 0.2) is 18.5 Å². The van der Waals surface area contributed by atoms with Crippen molar-refractivity contribution in [2.75, 3.05) is 5.32 Å². The monoisotopic (exact) mass is 224 g/mol. The number of nitrogens with zero attached hydrogens (tertiary/aromatic N) is 1. The largest absolute Gasteiger partial charge is 0.389 e. The average Bonchev–Trinajstić information content (AvgIpc) is 2.15. The van der Waals surface area contributed by atoms with Crippen LogP contribution in [0.1, 0.15) is 25.7 Å². The van der Waals surface area contributed by atoms with Crippen LogP contribution < -0.4 is 5.32 Å². The van der Waals surface area contributed by atoms with Crippen molar-refractivity contribution < 1.29 is 14.3 Å². The molecule has 1 fully saturated rings. The van der Waals surface area contributed by atoms with Crippen molar-refractivity contribution in [2.24, 2.45) is 0 Å². The fourth-order valence-electron chi connectivity index (χ4n) is 1.75. The lowest BCUT2D eigenvalue weighted by Crippen LogP contribution is -2.40. The van der Waals surface area contributed by atoms with E-state index >= 15 is 0 Å². The summed E-state index contributed by atoms with van der Waals surface area (Å²) < 4.78 is 12.8. The summed E-state index contributed by atoms with van der Waals surface area (Å²) in [5.74, 6) is -0.810. The van der Waals surface area contributed by atoms with Gasteiger partial charge >= 0.3 is 0 Å². The van der Waals surface area contributed by atoms with Crippen LogP contribution >= 0.6 is 0 Å². The van der Waals surface area contributed by atoms with Gasteiger partial charge in [-0.1, -0.05) is 0 Å². The second-order valence-corrected chi connectivity index (χ2v) is 4.19. The van der Waals surface area contributed by atoms with Gasteiger partial charge in [0.05, 0.1) is 30.1 Å². The molecular weight excluding hydrogens is 211 g/mol. The van der Waals surface area contributed by atoms with E-state index in [1.54, 1.807) is 0 Å². The number of hydrogen-bond donors (Lipinski definition) is 2. The summed E-state index contributed by atoms with van der Waals surface area (Å²) in [5, 5.41) is 12.3. The number of rotatable bonds is 3. The molecule has 1 aromatic heterocycles. The van der Waals surface area contributed by atoms with Crippen LogP contribution in [-0.2, 0) is 4.79 Å². The summed E-state index contributed by atoms with van der Waals surface area (Å²) >= 11 is 0. The van der Waals surface area contributed by atoms with Gasteiger partial charge in [0.2, 0.25) is 5.91 Å². The molecule has 2 N–H and O–H groups in total. The zero-order valence-corrected chi connectivity index (χ0v) is 8.74. The Morgan fingerprint density at radius 1 is 1.56 bits per heavy atom. The summed E-state index contributed by atoms with van der Waals surface area (Å²) in [4.78, 5) is 15.1. The van der Waals surface area contributed by atoms with Crippen LogP contribution in [-0.4, -0.2) is 21.6 Å². The highest BCUT2D eigenvalue weighted by molar-refractivity contribution is 5.91. The molecule has 2 rings (SSSR count). The van der Waals surface area contributed by atoms with Gasteiger partial charge in [-0.3, -0.25) is 9.78 Å². The molecule has 5 heteroatoms. The summed E-state index contributed by atoms with van der Waals surface area (Å²) in [5.41, 5.74) is -0.543. The number of carbonyl (C=O) groups is 1. The Bertz CT molecular complexity index is 405. The third-order valence-corrected chi connectivity index (χ3v) is 2.76. The normalized spacial score (nSPS) is 17.6. The van der Waals surface area contributed by atoms with Gasteiger partial charge in [-0.25, -0.2) is 4.39 Å². The SMILES string of the molecule is O=C(CC1(O)CCC1)Nc1cncc(F)c1. The molecule has 0 spiro atoms. The standard InChI is InChI=1S/C11H13FN2O2/c12-8-4-9(7-13-6-8)14-10(15)5-11(16)2-1-3-11/h4,6-7,16H,1-3,5H2,(H,14,15). The summed E-state index contributed by atoms with van der Waals surface area (Å²) in [7, 11) is 0. The predicted octanol–water partition coefficient (Wildman–Crippen LogP) is 1.46. The van der Waals surface area contributed by atoms with E-state index in [2.05, 4.69) is 10.3 Å². The van der Waals surface area contributed by atoms with Gasteiger partial charge in [0.1, 0.15) is 5.82 Å². The van der Waals surface area contributed by atoms with Crippen molar-refractivity contribution in [1.29, 1.82) is 0 Å². The number of carbonyl (C=O) groups excluding carboxylic acids is 1. The lowest BCUT2D eigenvalue weighted by atomic mass is 9.78. The van der Waals surface area contributed by atoms with Crippen molar-refractivity contribution in [3.8, 4) is 0 Å². The molecule has 0 saturated heterocycles. The molecule has 1 aliphatic rings. The molecule has 0 aromatic carbocycles. The average molecular weight is 224 g/mol. The highest BCUT2D eigenvalue weighted by atomic mass is 19.1. The van der Waals surface area contributed by atoms with E-state index < -0.39 is 11.4 Å². The maximum atomic E-state index is 12.8. The van der Waals surface area contributed by atoms with E-state index in [0.29, 0.717) is 18.5 Å². The number of pyridine rings is 1. The zero-order valence-electron chi connectivity index (χ0n) is 8.74. The fraction of sp³-hybridized carbons (Fsp3) is 0.455. The number of aliphatic hydroxyl groups is 1. The molecule has 1 aromatic rings. The third-order valence-electron chi connectivity index (χ3n) is 2.76.